The lowest BCUT2D eigenvalue weighted by Crippen LogP contribution is -2.32. The number of nitrogens with one attached hydrogen (secondary N) is 1. The smallest absolute Gasteiger partial charge is 0.251 e. The number of aryl methyl sites for hydroxylation is 2. The molecule has 3 rings (SSSR count). The first-order valence-corrected chi connectivity index (χ1v) is 12.5. The molecule has 0 atom stereocenters. The second-order valence-electron chi connectivity index (χ2n) is 7.90. The van der Waals surface area contributed by atoms with Crippen LogP contribution in [0.15, 0.2) is 47.4 Å². The zero-order chi connectivity index (χ0) is 22.3. The van der Waals surface area contributed by atoms with Gasteiger partial charge in [0.05, 0.1) is 11.4 Å². The van der Waals surface area contributed by atoms with Crippen LogP contribution in [0.2, 0.25) is 0 Å². The third kappa shape index (κ3) is 6.08. The number of sulfonamides is 1. The summed E-state index contributed by atoms with van der Waals surface area (Å²) in [7, 11) is -3.60. The van der Waals surface area contributed by atoms with Crippen molar-refractivity contribution >= 4 is 15.9 Å². The summed E-state index contributed by atoms with van der Waals surface area (Å²) in [6.07, 6.45) is 4.83. The number of carbonyl (C=O) groups excluding carboxylic acids is 1. The quantitative estimate of drug-likeness (QED) is 0.626. The van der Waals surface area contributed by atoms with E-state index in [9.17, 15) is 13.2 Å². The highest BCUT2D eigenvalue weighted by atomic mass is 32.2. The largest absolute Gasteiger partial charge is 0.492 e. The van der Waals surface area contributed by atoms with Crippen LogP contribution in [-0.2, 0) is 16.4 Å². The zero-order valence-electron chi connectivity index (χ0n) is 18.4. The highest BCUT2D eigenvalue weighted by molar-refractivity contribution is 7.89. The van der Waals surface area contributed by atoms with Gasteiger partial charge in [-0.2, -0.15) is 4.31 Å². The molecule has 1 amide bonds. The first-order valence-electron chi connectivity index (χ1n) is 11.0. The predicted octanol–water partition coefficient (Wildman–Crippen LogP) is 3.93. The molecular formula is C24H32N2O4S. The molecule has 7 heteroatoms. The van der Waals surface area contributed by atoms with E-state index in [-0.39, 0.29) is 10.8 Å². The average molecular weight is 445 g/mol. The lowest BCUT2D eigenvalue weighted by Gasteiger charge is -2.20. The van der Waals surface area contributed by atoms with Crippen molar-refractivity contribution in [3.63, 3.8) is 0 Å². The van der Waals surface area contributed by atoms with E-state index in [2.05, 4.69) is 12.2 Å². The number of carbonyl (C=O) groups is 1. The van der Waals surface area contributed by atoms with Gasteiger partial charge in [0, 0.05) is 18.7 Å². The van der Waals surface area contributed by atoms with E-state index >= 15 is 0 Å². The molecule has 2 aromatic rings. The Labute approximate surface area is 185 Å². The number of nitrogens with zero attached hydrogens (tertiary/aromatic N) is 1. The Morgan fingerprint density at radius 1 is 1.03 bits per heavy atom. The standard InChI is InChI=1S/C24H32N2O4S/c1-3-20-9-11-21(12-10-20)30-17-14-25-24(27)23-18-22(13-8-19(23)2)31(28,29)26-15-6-4-5-7-16-26/h8-13,18H,3-7,14-17H2,1-2H3,(H,25,27). The molecule has 2 aromatic carbocycles. The minimum atomic E-state index is -3.60. The maximum Gasteiger partial charge on any atom is 0.251 e. The van der Waals surface area contributed by atoms with Crippen LogP contribution < -0.4 is 10.1 Å². The van der Waals surface area contributed by atoms with Gasteiger partial charge in [0.2, 0.25) is 10.0 Å². The van der Waals surface area contributed by atoms with Gasteiger partial charge in [-0.25, -0.2) is 8.42 Å². The number of hydrogen-bond acceptors (Lipinski definition) is 4. The molecule has 0 radical (unpaired) electrons. The first-order chi connectivity index (χ1) is 14.9. The maximum absolute atomic E-state index is 13.1. The van der Waals surface area contributed by atoms with E-state index in [0.29, 0.717) is 31.8 Å². The van der Waals surface area contributed by atoms with Crippen LogP contribution in [0, 0.1) is 6.92 Å². The molecule has 0 saturated carbocycles. The fourth-order valence-corrected chi connectivity index (χ4v) is 5.23. The first kappa shape index (κ1) is 23.3. The highest BCUT2D eigenvalue weighted by Gasteiger charge is 2.26. The lowest BCUT2D eigenvalue weighted by molar-refractivity contribution is 0.0946. The molecule has 0 aromatic heterocycles. The second-order valence-corrected chi connectivity index (χ2v) is 9.83. The van der Waals surface area contributed by atoms with E-state index in [0.717, 1.165) is 43.4 Å². The summed E-state index contributed by atoms with van der Waals surface area (Å²) in [6, 6.07) is 12.7. The van der Waals surface area contributed by atoms with Gasteiger partial charge in [0.15, 0.2) is 0 Å². The predicted molar refractivity (Wildman–Crippen MR) is 122 cm³/mol. The minimum Gasteiger partial charge on any atom is -0.492 e. The highest BCUT2D eigenvalue weighted by Crippen LogP contribution is 2.22. The lowest BCUT2D eigenvalue weighted by atomic mass is 10.1. The maximum atomic E-state index is 13.1. The van der Waals surface area contributed by atoms with Gasteiger partial charge in [0.1, 0.15) is 12.4 Å². The average Bonchev–Trinajstić information content (AvgIpc) is 3.07. The summed E-state index contributed by atoms with van der Waals surface area (Å²) in [5, 5.41) is 2.83. The van der Waals surface area contributed by atoms with Crippen LogP contribution >= 0.6 is 0 Å². The van der Waals surface area contributed by atoms with Gasteiger partial charge >= 0.3 is 0 Å². The van der Waals surface area contributed by atoms with Gasteiger partial charge in [-0.3, -0.25) is 4.79 Å². The molecule has 0 spiro atoms. The molecular weight excluding hydrogens is 412 g/mol. The van der Waals surface area contributed by atoms with Crippen LogP contribution in [0.1, 0.15) is 54.1 Å². The summed E-state index contributed by atoms with van der Waals surface area (Å²) < 4.78 is 33.3. The Kier molecular flexibility index (Phi) is 8.09. The summed E-state index contributed by atoms with van der Waals surface area (Å²) in [5.74, 6) is 0.462. The molecule has 6 nitrogen and oxygen atoms in total. The molecule has 0 aliphatic carbocycles. The van der Waals surface area contributed by atoms with Crippen LogP contribution in [-0.4, -0.2) is 44.9 Å². The number of amides is 1. The fraction of sp³-hybridized carbons (Fsp3) is 0.458. The Balaban J connectivity index is 1.61. The molecule has 1 N–H and O–H groups in total. The van der Waals surface area contributed by atoms with Gasteiger partial charge in [-0.1, -0.05) is 38.0 Å². The zero-order valence-corrected chi connectivity index (χ0v) is 19.2. The third-order valence-electron chi connectivity index (χ3n) is 5.64. The third-order valence-corrected chi connectivity index (χ3v) is 7.54. The monoisotopic (exact) mass is 444 g/mol. The van der Waals surface area contributed by atoms with Gasteiger partial charge in [0.25, 0.3) is 5.91 Å². The van der Waals surface area contributed by atoms with E-state index in [1.807, 2.05) is 31.2 Å². The van der Waals surface area contributed by atoms with Crippen LogP contribution in [0.3, 0.4) is 0 Å². The fourth-order valence-electron chi connectivity index (χ4n) is 3.69. The summed E-state index contributed by atoms with van der Waals surface area (Å²) in [4.78, 5) is 12.9. The molecule has 31 heavy (non-hydrogen) atoms. The molecule has 0 bridgehead atoms. The van der Waals surface area contributed by atoms with Crippen LogP contribution in [0.25, 0.3) is 0 Å². The van der Waals surface area contributed by atoms with E-state index < -0.39 is 10.0 Å². The van der Waals surface area contributed by atoms with Crippen molar-refractivity contribution in [2.24, 2.45) is 0 Å². The van der Waals surface area contributed by atoms with E-state index in [1.165, 1.54) is 11.6 Å². The number of benzene rings is 2. The summed E-state index contributed by atoms with van der Waals surface area (Å²) in [6.45, 7) is 5.64. The molecule has 1 aliphatic heterocycles. The summed E-state index contributed by atoms with van der Waals surface area (Å²) >= 11 is 0. The Morgan fingerprint density at radius 2 is 1.71 bits per heavy atom. The number of rotatable bonds is 8. The van der Waals surface area contributed by atoms with Crippen LogP contribution in [0.4, 0.5) is 0 Å². The van der Waals surface area contributed by atoms with Gasteiger partial charge < -0.3 is 10.1 Å². The van der Waals surface area contributed by atoms with Crippen molar-refractivity contribution in [2.45, 2.75) is 50.8 Å². The topological polar surface area (TPSA) is 75.7 Å². The molecule has 1 aliphatic rings. The normalized spacial score (nSPS) is 15.3. The Morgan fingerprint density at radius 3 is 2.35 bits per heavy atom. The van der Waals surface area contributed by atoms with E-state index in [1.54, 1.807) is 16.4 Å². The molecule has 1 fully saturated rings. The number of hydrogen-bond donors (Lipinski definition) is 1. The van der Waals surface area contributed by atoms with Gasteiger partial charge in [-0.05, 0) is 61.6 Å². The number of ether oxygens (including phenoxy) is 1. The van der Waals surface area contributed by atoms with E-state index in [4.69, 9.17) is 4.74 Å². The van der Waals surface area contributed by atoms with Crippen molar-refractivity contribution < 1.29 is 17.9 Å². The molecule has 0 unspecified atom stereocenters. The molecule has 1 saturated heterocycles. The van der Waals surface area contributed by atoms with Crippen molar-refractivity contribution in [3.05, 3.63) is 59.2 Å². The second kappa shape index (κ2) is 10.8. The van der Waals surface area contributed by atoms with Crippen molar-refractivity contribution in [2.75, 3.05) is 26.2 Å². The Bertz CT molecular complexity index is 979. The molecule has 1 heterocycles. The molecule has 168 valence electrons. The Hall–Kier alpha value is -2.38. The minimum absolute atomic E-state index is 0.178. The van der Waals surface area contributed by atoms with Crippen LogP contribution in [0.5, 0.6) is 5.75 Å². The van der Waals surface area contributed by atoms with Crippen molar-refractivity contribution in [1.82, 2.24) is 9.62 Å². The summed E-state index contributed by atoms with van der Waals surface area (Å²) in [5.41, 5.74) is 2.36. The van der Waals surface area contributed by atoms with Gasteiger partial charge in [-0.15, -0.1) is 0 Å². The van der Waals surface area contributed by atoms with Crippen molar-refractivity contribution in [3.8, 4) is 5.75 Å². The SMILES string of the molecule is CCc1ccc(OCCNC(=O)c2cc(S(=O)(=O)N3CCCCCC3)ccc2C)cc1. The van der Waals surface area contributed by atoms with Crippen molar-refractivity contribution in [1.29, 1.82) is 0 Å².